The smallest absolute Gasteiger partial charge is 0.0525 e. The van der Waals surface area contributed by atoms with Crippen LogP contribution >= 0.6 is 0 Å². The van der Waals surface area contributed by atoms with Crippen molar-refractivity contribution in [1.82, 2.24) is 9.47 Å². The zero-order valence-corrected chi connectivity index (χ0v) is 11.1. The van der Waals surface area contributed by atoms with Gasteiger partial charge in [-0.05, 0) is 31.4 Å². The van der Waals surface area contributed by atoms with Crippen LogP contribution in [0.2, 0.25) is 0 Å². The molecule has 2 nitrogen and oxygen atoms in total. The Labute approximate surface area is 109 Å². The molecule has 0 saturated carbocycles. The van der Waals surface area contributed by atoms with Crippen LogP contribution in [0.5, 0.6) is 0 Å². The van der Waals surface area contributed by atoms with Crippen molar-refractivity contribution < 1.29 is 0 Å². The molecule has 0 spiro atoms. The summed E-state index contributed by atoms with van der Waals surface area (Å²) in [5.41, 5.74) is 2.76. The number of nitrogens with zero attached hydrogens (tertiary/aromatic N) is 2. The Kier molecular flexibility index (Phi) is 2.96. The Balaban J connectivity index is 1.92. The van der Waals surface area contributed by atoms with E-state index in [1.54, 1.807) is 0 Å². The molecule has 1 aliphatic heterocycles. The minimum absolute atomic E-state index is 0.643. The zero-order chi connectivity index (χ0) is 12.5. The van der Waals surface area contributed by atoms with Crippen LogP contribution in [0, 0.1) is 0 Å². The van der Waals surface area contributed by atoms with Crippen LogP contribution in [0.15, 0.2) is 42.6 Å². The highest BCUT2D eigenvalue weighted by molar-refractivity contribution is 5.83. The average Bonchev–Trinajstić information content (AvgIpc) is 2.82. The van der Waals surface area contributed by atoms with Gasteiger partial charge in [0, 0.05) is 37.4 Å². The Morgan fingerprint density at radius 1 is 1.11 bits per heavy atom. The summed E-state index contributed by atoms with van der Waals surface area (Å²) in [6, 6.07) is 11.4. The molecule has 1 aromatic carbocycles. The van der Waals surface area contributed by atoms with Gasteiger partial charge in [-0.3, -0.25) is 4.90 Å². The van der Waals surface area contributed by atoms with Gasteiger partial charge in [-0.15, -0.1) is 0 Å². The van der Waals surface area contributed by atoms with Gasteiger partial charge in [-0.25, -0.2) is 0 Å². The number of para-hydroxylation sites is 1. The maximum Gasteiger partial charge on any atom is 0.0525 e. The molecule has 2 heteroatoms. The number of fused-ring (bicyclic) bond motifs is 1. The molecule has 0 N–H and O–H groups in total. The second-order valence-corrected chi connectivity index (χ2v) is 5.28. The summed E-state index contributed by atoms with van der Waals surface area (Å²) in [6.07, 6.45) is 5.70. The number of rotatable bonds is 2. The molecule has 3 rings (SSSR count). The fraction of sp³-hybridized carbons (Fsp3) is 0.375. The van der Waals surface area contributed by atoms with Crippen molar-refractivity contribution in [3.63, 3.8) is 0 Å². The van der Waals surface area contributed by atoms with Crippen LogP contribution in [0.1, 0.15) is 20.3 Å². The van der Waals surface area contributed by atoms with Gasteiger partial charge in [0.05, 0.1) is 5.52 Å². The van der Waals surface area contributed by atoms with Gasteiger partial charge >= 0.3 is 0 Å². The van der Waals surface area contributed by atoms with Gasteiger partial charge in [0.1, 0.15) is 0 Å². The van der Waals surface area contributed by atoms with E-state index in [2.05, 4.69) is 65.9 Å². The molecule has 1 aliphatic rings. The van der Waals surface area contributed by atoms with Crippen molar-refractivity contribution >= 4 is 16.6 Å². The summed E-state index contributed by atoms with van der Waals surface area (Å²) >= 11 is 0. The lowest BCUT2D eigenvalue weighted by molar-refractivity contribution is 0.244. The van der Waals surface area contributed by atoms with Gasteiger partial charge in [0.15, 0.2) is 0 Å². The summed E-state index contributed by atoms with van der Waals surface area (Å²) in [6.45, 7) is 6.77. The van der Waals surface area contributed by atoms with Crippen molar-refractivity contribution in [3.8, 4) is 0 Å². The minimum atomic E-state index is 0.643. The summed E-state index contributed by atoms with van der Waals surface area (Å²) in [4.78, 5) is 2.51. The summed E-state index contributed by atoms with van der Waals surface area (Å²) < 4.78 is 2.34. The molecule has 0 fully saturated rings. The van der Waals surface area contributed by atoms with Crippen LogP contribution in [-0.4, -0.2) is 28.6 Å². The van der Waals surface area contributed by atoms with E-state index >= 15 is 0 Å². The maximum atomic E-state index is 2.51. The first kappa shape index (κ1) is 11.5. The lowest BCUT2D eigenvalue weighted by atomic mass is 10.1. The third-order valence-corrected chi connectivity index (χ3v) is 3.86. The van der Waals surface area contributed by atoms with Gasteiger partial charge < -0.3 is 4.57 Å². The van der Waals surface area contributed by atoms with Crippen LogP contribution in [0.3, 0.4) is 0 Å². The summed E-state index contributed by atoms with van der Waals surface area (Å²) in [5, 5.41) is 1.32. The molecule has 2 heterocycles. The summed E-state index contributed by atoms with van der Waals surface area (Å²) in [7, 11) is 0. The highest BCUT2D eigenvalue weighted by Crippen LogP contribution is 2.24. The maximum absolute atomic E-state index is 2.51. The minimum Gasteiger partial charge on any atom is -0.321 e. The number of benzene rings is 1. The average molecular weight is 240 g/mol. The molecule has 0 saturated heterocycles. The Bertz CT molecular complexity index is 578. The highest BCUT2D eigenvalue weighted by atomic mass is 15.2. The molecule has 0 radical (unpaired) electrons. The van der Waals surface area contributed by atoms with E-state index < -0.39 is 0 Å². The van der Waals surface area contributed by atoms with E-state index in [1.807, 2.05) is 0 Å². The van der Waals surface area contributed by atoms with Crippen LogP contribution in [0.4, 0.5) is 0 Å². The third-order valence-electron chi connectivity index (χ3n) is 3.86. The lowest BCUT2D eigenvalue weighted by Crippen LogP contribution is -2.35. The van der Waals surface area contributed by atoms with Crippen LogP contribution < -0.4 is 0 Å². The zero-order valence-electron chi connectivity index (χ0n) is 11.1. The first-order valence-corrected chi connectivity index (χ1v) is 6.75. The van der Waals surface area contributed by atoms with E-state index in [0.717, 1.165) is 19.5 Å². The quantitative estimate of drug-likeness (QED) is 0.778. The van der Waals surface area contributed by atoms with E-state index in [0.29, 0.717) is 6.04 Å². The van der Waals surface area contributed by atoms with E-state index in [-0.39, 0.29) is 0 Å². The largest absolute Gasteiger partial charge is 0.321 e. The summed E-state index contributed by atoms with van der Waals surface area (Å²) in [5.74, 6) is 0. The highest BCUT2D eigenvalue weighted by Gasteiger charge is 2.15. The monoisotopic (exact) mass is 240 g/mol. The number of hydrogen-bond donors (Lipinski definition) is 0. The predicted molar refractivity (Wildman–Crippen MR) is 77.5 cm³/mol. The van der Waals surface area contributed by atoms with Crippen molar-refractivity contribution in [2.24, 2.45) is 0 Å². The second kappa shape index (κ2) is 4.62. The standard InChI is InChI=1S/C16H20N2/c1-13(2)17-10-8-15(9-11-17)18-12-7-14-5-3-4-6-16(14)18/h3-8,12-13H,9-11H2,1-2H3. The molecule has 2 aromatic rings. The van der Waals surface area contributed by atoms with Gasteiger partial charge in [0.25, 0.3) is 0 Å². The van der Waals surface area contributed by atoms with Gasteiger partial charge in [-0.2, -0.15) is 0 Å². The van der Waals surface area contributed by atoms with E-state index in [4.69, 9.17) is 0 Å². The van der Waals surface area contributed by atoms with Crippen molar-refractivity contribution in [2.75, 3.05) is 13.1 Å². The molecule has 0 unspecified atom stereocenters. The van der Waals surface area contributed by atoms with Crippen LogP contribution in [-0.2, 0) is 0 Å². The SMILES string of the molecule is CC(C)N1CC=C(n2ccc3ccccc32)CC1. The normalized spacial score (nSPS) is 17.4. The van der Waals surface area contributed by atoms with Crippen molar-refractivity contribution in [2.45, 2.75) is 26.3 Å². The Hall–Kier alpha value is -1.54. The molecule has 94 valence electrons. The predicted octanol–water partition coefficient (Wildman–Crippen LogP) is 3.60. The molecule has 0 atom stereocenters. The first-order valence-electron chi connectivity index (χ1n) is 6.75. The molecular formula is C16H20N2. The fourth-order valence-electron chi connectivity index (χ4n) is 2.70. The van der Waals surface area contributed by atoms with Crippen LogP contribution in [0.25, 0.3) is 16.6 Å². The topological polar surface area (TPSA) is 8.17 Å². The van der Waals surface area contributed by atoms with Gasteiger partial charge in [0.2, 0.25) is 0 Å². The Morgan fingerprint density at radius 2 is 1.94 bits per heavy atom. The molecular weight excluding hydrogens is 220 g/mol. The van der Waals surface area contributed by atoms with E-state index in [1.165, 1.54) is 16.6 Å². The third kappa shape index (κ3) is 1.97. The van der Waals surface area contributed by atoms with Crippen molar-refractivity contribution in [1.29, 1.82) is 0 Å². The van der Waals surface area contributed by atoms with Crippen molar-refractivity contribution in [3.05, 3.63) is 42.6 Å². The van der Waals surface area contributed by atoms with Gasteiger partial charge in [-0.1, -0.05) is 24.3 Å². The lowest BCUT2D eigenvalue weighted by Gasteiger charge is -2.30. The number of hydrogen-bond acceptors (Lipinski definition) is 1. The molecule has 18 heavy (non-hydrogen) atoms. The molecule has 0 amide bonds. The second-order valence-electron chi connectivity index (χ2n) is 5.28. The number of aromatic nitrogens is 1. The molecule has 0 aliphatic carbocycles. The van der Waals surface area contributed by atoms with E-state index in [9.17, 15) is 0 Å². The molecule has 1 aromatic heterocycles. The fourth-order valence-corrected chi connectivity index (χ4v) is 2.70. The molecule has 0 bridgehead atoms. The Morgan fingerprint density at radius 3 is 2.67 bits per heavy atom. The first-order chi connectivity index (χ1) is 8.75.